The molecule has 2 heterocycles. The van der Waals surface area contributed by atoms with Gasteiger partial charge in [-0.25, -0.2) is 9.97 Å². The molecule has 1 aliphatic heterocycles. The van der Waals surface area contributed by atoms with E-state index in [0.717, 1.165) is 36.8 Å². The summed E-state index contributed by atoms with van der Waals surface area (Å²) in [5, 5.41) is 6.91. The minimum absolute atomic E-state index is 0.390. The van der Waals surface area contributed by atoms with Crippen LogP contribution >= 0.6 is 0 Å². The van der Waals surface area contributed by atoms with Gasteiger partial charge >= 0.3 is 0 Å². The Labute approximate surface area is 126 Å². The SMILES string of the molecule is Cc1nc(NCCc2ccccc2)cc(C2CCCN2)n1. The number of anilines is 1. The summed E-state index contributed by atoms with van der Waals surface area (Å²) in [6, 6.07) is 13.0. The number of hydrogen-bond acceptors (Lipinski definition) is 4. The first-order chi connectivity index (χ1) is 10.3. The fraction of sp³-hybridized carbons (Fsp3) is 0.412. The third-order valence-corrected chi connectivity index (χ3v) is 3.84. The van der Waals surface area contributed by atoms with Crippen molar-refractivity contribution >= 4 is 5.82 Å². The van der Waals surface area contributed by atoms with Gasteiger partial charge in [-0.1, -0.05) is 30.3 Å². The van der Waals surface area contributed by atoms with Crippen molar-refractivity contribution in [2.24, 2.45) is 0 Å². The van der Waals surface area contributed by atoms with Gasteiger partial charge in [0.25, 0.3) is 0 Å². The average Bonchev–Trinajstić information content (AvgIpc) is 3.02. The zero-order chi connectivity index (χ0) is 14.5. The van der Waals surface area contributed by atoms with E-state index in [1.54, 1.807) is 0 Å². The molecule has 2 aromatic rings. The molecular weight excluding hydrogens is 260 g/mol. The monoisotopic (exact) mass is 282 g/mol. The van der Waals surface area contributed by atoms with Crippen LogP contribution in [-0.4, -0.2) is 23.1 Å². The highest BCUT2D eigenvalue weighted by molar-refractivity contribution is 5.37. The van der Waals surface area contributed by atoms with Crippen molar-refractivity contribution < 1.29 is 0 Å². The fourth-order valence-electron chi connectivity index (χ4n) is 2.78. The smallest absolute Gasteiger partial charge is 0.129 e. The molecule has 1 aliphatic rings. The van der Waals surface area contributed by atoms with Gasteiger partial charge in [-0.05, 0) is 38.3 Å². The maximum Gasteiger partial charge on any atom is 0.129 e. The molecule has 21 heavy (non-hydrogen) atoms. The van der Waals surface area contributed by atoms with Crippen LogP contribution in [0.4, 0.5) is 5.82 Å². The van der Waals surface area contributed by atoms with Crippen molar-refractivity contribution in [3.8, 4) is 0 Å². The largest absolute Gasteiger partial charge is 0.370 e. The van der Waals surface area contributed by atoms with Crippen LogP contribution in [0.1, 0.15) is 36.0 Å². The van der Waals surface area contributed by atoms with E-state index >= 15 is 0 Å². The van der Waals surface area contributed by atoms with Gasteiger partial charge in [0.2, 0.25) is 0 Å². The molecular formula is C17H22N4. The second-order valence-electron chi connectivity index (χ2n) is 5.54. The van der Waals surface area contributed by atoms with Crippen LogP contribution < -0.4 is 10.6 Å². The third-order valence-electron chi connectivity index (χ3n) is 3.84. The van der Waals surface area contributed by atoms with Crippen LogP contribution in [0.2, 0.25) is 0 Å². The van der Waals surface area contributed by atoms with E-state index in [0.29, 0.717) is 6.04 Å². The zero-order valence-electron chi connectivity index (χ0n) is 12.5. The van der Waals surface area contributed by atoms with Crippen LogP contribution in [0.5, 0.6) is 0 Å². The lowest BCUT2D eigenvalue weighted by Gasteiger charge is -2.13. The lowest BCUT2D eigenvalue weighted by molar-refractivity contribution is 0.623. The number of benzene rings is 1. The van der Waals surface area contributed by atoms with Crippen molar-refractivity contribution in [3.05, 3.63) is 53.5 Å². The van der Waals surface area contributed by atoms with Crippen LogP contribution in [0.3, 0.4) is 0 Å². The maximum atomic E-state index is 4.57. The van der Waals surface area contributed by atoms with Crippen molar-refractivity contribution in [3.63, 3.8) is 0 Å². The summed E-state index contributed by atoms with van der Waals surface area (Å²) in [5.74, 6) is 1.77. The van der Waals surface area contributed by atoms with E-state index in [1.165, 1.54) is 18.4 Å². The molecule has 1 unspecified atom stereocenters. The second kappa shape index (κ2) is 6.68. The summed E-state index contributed by atoms with van der Waals surface area (Å²) in [4.78, 5) is 9.05. The molecule has 3 rings (SSSR count). The molecule has 0 amide bonds. The lowest BCUT2D eigenvalue weighted by atomic mass is 10.1. The van der Waals surface area contributed by atoms with E-state index in [9.17, 15) is 0 Å². The van der Waals surface area contributed by atoms with E-state index in [2.05, 4.69) is 50.9 Å². The normalized spacial score (nSPS) is 17.9. The molecule has 0 bridgehead atoms. The number of nitrogens with one attached hydrogen (secondary N) is 2. The molecule has 0 saturated carbocycles. The van der Waals surface area contributed by atoms with Crippen molar-refractivity contribution in [2.75, 3.05) is 18.4 Å². The van der Waals surface area contributed by atoms with E-state index < -0.39 is 0 Å². The lowest BCUT2D eigenvalue weighted by Crippen LogP contribution is -2.16. The number of rotatable bonds is 5. The van der Waals surface area contributed by atoms with Crippen molar-refractivity contribution in [1.29, 1.82) is 0 Å². The Balaban J connectivity index is 1.62. The molecule has 1 atom stereocenters. The number of nitrogens with zero attached hydrogens (tertiary/aromatic N) is 2. The maximum absolute atomic E-state index is 4.57. The van der Waals surface area contributed by atoms with Gasteiger partial charge in [0, 0.05) is 18.7 Å². The highest BCUT2D eigenvalue weighted by Gasteiger charge is 2.18. The van der Waals surface area contributed by atoms with E-state index in [-0.39, 0.29) is 0 Å². The summed E-state index contributed by atoms with van der Waals surface area (Å²) >= 11 is 0. The second-order valence-corrected chi connectivity index (χ2v) is 5.54. The quantitative estimate of drug-likeness (QED) is 0.885. The first-order valence-corrected chi connectivity index (χ1v) is 7.68. The highest BCUT2D eigenvalue weighted by Crippen LogP contribution is 2.22. The molecule has 1 aromatic carbocycles. The topological polar surface area (TPSA) is 49.8 Å². The molecule has 4 nitrogen and oxygen atoms in total. The van der Waals surface area contributed by atoms with Crippen LogP contribution in [0, 0.1) is 6.92 Å². The first-order valence-electron chi connectivity index (χ1n) is 7.68. The molecule has 1 fully saturated rings. The van der Waals surface area contributed by atoms with Gasteiger partial charge in [0.15, 0.2) is 0 Å². The standard InChI is InChI=1S/C17H22N4/c1-13-20-16(15-8-5-10-18-15)12-17(21-13)19-11-9-14-6-3-2-4-7-14/h2-4,6-7,12,15,18H,5,8-11H2,1H3,(H,19,20,21). The Morgan fingerprint density at radius 1 is 1.24 bits per heavy atom. The highest BCUT2D eigenvalue weighted by atomic mass is 15.0. The Hall–Kier alpha value is -1.94. The Morgan fingerprint density at radius 3 is 2.86 bits per heavy atom. The predicted molar refractivity (Wildman–Crippen MR) is 85.4 cm³/mol. The summed E-state index contributed by atoms with van der Waals surface area (Å²) in [7, 11) is 0. The predicted octanol–water partition coefficient (Wildman–Crippen LogP) is 2.86. The Morgan fingerprint density at radius 2 is 2.10 bits per heavy atom. The molecule has 0 spiro atoms. The van der Waals surface area contributed by atoms with E-state index in [1.807, 2.05) is 13.0 Å². The minimum atomic E-state index is 0.390. The van der Waals surface area contributed by atoms with Gasteiger partial charge in [-0.3, -0.25) is 0 Å². The van der Waals surface area contributed by atoms with Gasteiger partial charge in [0.1, 0.15) is 11.6 Å². The molecule has 4 heteroatoms. The van der Waals surface area contributed by atoms with Crippen molar-refractivity contribution in [2.45, 2.75) is 32.2 Å². The number of hydrogen-bond donors (Lipinski definition) is 2. The number of aryl methyl sites for hydroxylation is 1. The van der Waals surface area contributed by atoms with Crippen LogP contribution in [-0.2, 0) is 6.42 Å². The molecule has 1 aromatic heterocycles. The molecule has 0 radical (unpaired) electrons. The average molecular weight is 282 g/mol. The van der Waals surface area contributed by atoms with Gasteiger partial charge in [-0.2, -0.15) is 0 Å². The molecule has 0 aliphatic carbocycles. The summed E-state index contributed by atoms with van der Waals surface area (Å²) < 4.78 is 0. The van der Waals surface area contributed by atoms with Gasteiger partial charge in [0.05, 0.1) is 5.69 Å². The fourth-order valence-corrected chi connectivity index (χ4v) is 2.78. The molecule has 1 saturated heterocycles. The van der Waals surface area contributed by atoms with Crippen LogP contribution in [0.25, 0.3) is 0 Å². The Bertz CT molecular complexity index is 577. The van der Waals surface area contributed by atoms with Crippen molar-refractivity contribution in [1.82, 2.24) is 15.3 Å². The first kappa shape index (κ1) is 14.0. The third kappa shape index (κ3) is 3.79. The van der Waals surface area contributed by atoms with Crippen LogP contribution in [0.15, 0.2) is 36.4 Å². The molecule has 110 valence electrons. The summed E-state index contributed by atoms with van der Waals surface area (Å²) in [5.41, 5.74) is 2.45. The van der Waals surface area contributed by atoms with Gasteiger partial charge in [-0.15, -0.1) is 0 Å². The molecule has 2 N–H and O–H groups in total. The zero-order valence-corrected chi connectivity index (χ0v) is 12.5. The summed E-state index contributed by atoms with van der Waals surface area (Å²) in [6.07, 6.45) is 3.39. The number of aromatic nitrogens is 2. The summed E-state index contributed by atoms with van der Waals surface area (Å²) in [6.45, 7) is 3.93. The van der Waals surface area contributed by atoms with Gasteiger partial charge < -0.3 is 10.6 Å². The van der Waals surface area contributed by atoms with E-state index in [4.69, 9.17) is 0 Å². The minimum Gasteiger partial charge on any atom is -0.370 e. The Kier molecular flexibility index (Phi) is 4.46.